The fourth-order valence-corrected chi connectivity index (χ4v) is 2.88. The van der Waals surface area contributed by atoms with Gasteiger partial charge in [-0.1, -0.05) is 36.4 Å². The van der Waals surface area contributed by atoms with Crippen molar-refractivity contribution in [1.82, 2.24) is 5.32 Å². The van der Waals surface area contributed by atoms with E-state index in [2.05, 4.69) is 10.6 Å². The molecule has 0 atom stereocenters. The molecule has 6 N–H and O–H groups in total. The molecule has 0 saturated carbocycles. The third-order valence-electron chi connectivity index (χ3n) is 4.26. The molecule has 3 aromatic rings. The highest BCUT2D eigenvalue weighted by atomic mass is 32.2. The van der Waals surface area contributed by atoms with E-state index in [4.69, 9.17) is 21.0 Å². The molecule has 2 amide bonds. The fourth-order valence-electron chi connectivity index (χ4n) is 2.88. The number of nitrogens with two attached hydrogens (primary N) is 1. The van der Waals surface area contributed by atoms with Crippen molar-refractivity contribution >= 4 is 33.5 Å². The van der Waals surface area contributed by atoms with Gasteiger partial charge in [-0.15, -0.1) is 0 Å². The number of nitrogens with zero attached hydrogens (tertiary/aromatic N) is 1. The lowest BCUT2D eigenvalue weighted by atomic mass is 9.94. The number of benzene rings is 3. The zero-order chi connectivity index (χ0) is 25.3. The topological polar surface area (TPSA) is 186 Å². The molecule has 10 nitrogen and oxygen atoms in total. The van der Waals surface area contributed by atoms with Gasteiger partial charge in [-0.3, -0.25) is 24.9 Å². The molecule has 0 aliphatic carbocycles. The van der Waals surface area contributed by atoms with Gasteiger partial charge >= 0.3 is 0 Å². The summed E-state index contributed by atoms with van der Waals surface area (Å²) in [5, 5.41) is 21.1. The average Bonchev–Trinajstić information content (AvgIpc) is 2.78. The van der Waals surface area contributed by atoms with Gasteiger partial charge < -0.3 is 11.1 Å². The Morgan fingerprint density at radius 2 is 1.35 bits per heavy atom. The predicted molar refractivity (Wildman–Crippen MR) is 128 cm³/mol. The largest absolute Gasteiger partial charge is 0.384 e. The molecule has 34 heavy (non-hydrogen) atoms. The first-order valence-corrected chi connectivity index (χ1v) is 11.4. The number of nitrogen functional groups attached to an aromatic ring is 1. The van der Waals surface area contributed by atoms with E-state index < -0.39 is 16.0 Å². The summed E-state index contributed by atoms with van der Waals surface area (Å²) in [6, 6.07) is 20.3. The van der Waals surface area contributed by atoms with E-state index in [1.165, 1.54) is 0 Å². The van der Waals surface area contributed by atoms with Crippen molar-refractivity contribution in [3.05, 3.63) is 89.5 Å². The Labute approximate surface area is 196 Å². The smallest absolute Gasteiger partial charge is 0.264 e. The molecule has 0 bridgehead atoms. The van der Waals surface area contributed by atoms with Gasteiger partial charge in [0.25, 0.3) is 21.9 Å². The summed E-state index contributed by atoms with van der Waals surface area (Å²) in [7, 11) is -3.67. The third kappa shape index (κ3) is 7.56. The van der Waals surface area contributed by atoms with Crippen LogP contribution in [0.25, 0.3) is 11.1 Å². The summed E-state index contributed by atoms with van der Waals surface area (Å²) in [6.45, 7) is 0. The number of nitrogens with one attached hydrogen (secondary N) is 3. The zero-order valence-electron chi connectivity index (χ0n) is 17.9. The van der Waals surface area contributed by atoms with Crippen LogP contribution in [-0.4, -0.2) is 36.9 Å². The van der Waals surface area contributed by atoms with E-state index in [0.717, 1.165) is 0 Å². The van der Waals surface area contributed by atoms with Crippen LogP contribution in [0.1, 0.15) is 26.3 Å². The van der Waals surface area contributed by atoms with E-state index in [9.17, 15) is 18.0 Å². The van der Waals surface area contributed by atoms with Crippen LogP contribution < -0.4 is 16.4 Å². The molecule has 0 aliphatic rings. The van der Waals surface area contributed by atoms with E-state index in [1.54, 1.807) is 79.0 Å². The molecule has 0 unspecified atom stereocenters. The average molecular weight is 480 g/mol. The molecule has 0 fully saturated rings. The zero-order valence-corrected chi connectivity index (χ0v) is 18.8. The Kier molecular flexibility index (Phi) is 8.60. The number of carbonyl (C=O) groups is 2. The van der Waals surface area contributed by atoms with E-state index in [0.29, 0.717) is 39.8 Å². The van der Waals surface area contributed by atoms with E-state index in [-0.39, 0.29) is 11.7 Å². The number of anilines is 1. The van der Waals surface area contributed by atoms with Gasteiger partial charge in [0.1, 0.15) is 5.84 Å². The summed E-state index contributed by atoms with van der Waals surface area (Å²) in [6.07, 6.45) is 2.34. The lowest BCUT2D eigenvalue weighted by Gasteiger charge is -2.13. The van der Waals surface area contributed by atoms with Crippen molar-refractivity contribution in [2.45, 2.75) is 0 Å². The molecular weight excluding hydrogens is 458 g/mol. The Morgan fingerprint density at radius 1 is 0.912 bits per heavy atom. The van der Waals surface area contributed by atoms with Crippen LogP contribution in [0.4, 0.5) is 5.69 Å². The summed E-state index contributed by atoms with van der Waals surface area (Å²) >= 11 is 0. The van der Waals surface area contributed by atoms with Gasteiger partial charge in [-0.2, -0.15) is 13.7 Å². The highest BCUT2D eigenvalue weighted by Crippen LogP contribution is 2.28. The lowest BCUT2D eigenvalue weighted by molar-refractivity contribution is 0.0971. The highest BCUT2D eigenvalue weighted by molar-refractivity contribution is 7.85. The number of hydrogen-bond acceptors (Lipinski definition) is 6. The van der Waals surface area contributed by atoms with Crippen molar-refractivity contribution in [3.63, 3.8) is 0 Å². The van der Waals surface area contributed by atoms with Gasteiger partial charge in [0, 0.05) is 22.4 Å². The first kappa shape index (κ1) is 25.7. The maximum absolute atomic E-state index is 12.9. The molecule has 0 aromatic heterocycles. The van der Waals surface area contributed by atoms with Crippen LogP contribution in [0, 0.1) is 16.9 Å². The summed E-state index contributed by atoms with van der Waals surface area (Å²) < 4.78 is 25.9. The maximum Gasteiger partial charge on any atom is 0.264 e. The van der Waals surface area contributed by atoms with Crippen LogP contribution in [-0.2, 0) is 10.1 Å². The van der Waals surface area contributed by atoms with Crippen molar-refractivity contribution in [1.29, 1.82) is 10.7 Å². The van der Waals surface area contributed by atoms with E-state index in [1.807, 2.05) is 0 Å². The second kappa shape index (κ2) is 11.4. The molecule has 11 heteroatoms. The van der Waals surface area contributed by atoms with Crippen molar-refractivity contribution in [2.24, 2.45) is 5.73 Å². The van der Waals surface area contributed by atoms with Gasteiger partial charge in [0.05, 0.1) is 6.26 Å². The van der Waals surface area contributed by atoms with Gasteiger partial charge in [-0.05, 0) is 47.5 Å². The molecule has 0 radical (unpaired) electrons. The number of hydrogen-bond donors (Lipinski definition) is 5. The summed E-state index contributed by atoms with van der Waals surface area (Å²) in [4.78, 5) is 25.1. The quantitative estimate of drug-likeness (QED) is 0.122. The Balaban J connectivity index is 0.000000739. The second-order valence-corrected chi connectivity index (χ2v) is 8.30. The monoisotopic (exact) mass is 479 g/mol. The molecule has 3 aromatic carbocycles. The van der Waals surface area contributed by atoms with Gasteiger partial charge in [0.2, 0.25) is 0 Å². The van der Waals surface area contributed by atoms with Crippen LogP contribution >= 0.6 is 0 Å². The fraction of sp³-hybridized carbons (Fsp3) is 0.0435. The lowest BCUT2D eigenvalue weighted by Crippen LogP contribution is -2.19. The molecule has 0 aliphatic heterocycles. The highest BCUT2D eigenvalue weighted by Gasteiger charge is 2.18. The number of amidine groups is 1. The molecule has 0 spiro atoms. The minimum Gasteiger partial charge on any atom is -0.384 e. The first-order valence-electron chi connectivity index (χ1n) is 9.57. The molecule has 174 valence electrons. The summed E-state index contributed by atoms with van der Waals surface area (Å²) in [5.74, 6) is -0.953. The molecular formula is C23H21N5O5S. The molecule has 0 heterocycles. The minimum atomic E-state index is -3.67. The minimum absolute atomic E-state index is 0.0551. The Bertz CT molecular complexity index is 1350. The second-order valence-electron chi connectivity index (χ2n) is 6.84. The third-order valence-corrected chi connectivity index (χ3v) is 4.26. The van der Waals surface area contributed by atoms with E-state index >= 15 is 0 Å². The molecule has 0 saturated heterocycles. The van der Waals surface area contributed by atoms with Crippen LogP contribution in [0.3, 0.4) is 0 Å². The van der Waals surface area contributed by atoms with Gasteiger partial charge in [-0.25, -0.2) is 0 Å². The Morgan fingerprint density at radius 3 is 1.79 bits per heavy atom. The van der Waals surface area contributed by atoms with Crippen LogP contribution in [0.5, 0.6) is 0 Å². The number of rotatable bonds is 5. The predicted octanol–water partition coefficient (Wildman–Crippen LogP) is 2.60. The Hall–Kier alpha value is -4.53. The normalized spacial score (nSPS) is 10.1. The van der Waals surface area contributed by atoms with Crippen molar-refractivity contribution < 1.29 is 22.6 Å². The van der Waals surface area contributed by atoms with Crippen LogP contribution in [0.2, 0.25) is 0 Å². The van der Waals surface area contributed by atoms with Crippen molar-refractivity contribution in [3.8, 4) is 17.3 Å². The number of carbonyl (C=O) groups excluding carboxylic acids is 2. The van der Waals surface area contributed by atoms with Gasteiger partial charge in [0.15, 0.2) is 6.19 Å². The standard InChI is InChI=1S/C22H17N5O2.CH4O3S/c23-13-26-21(28)18-7-3-1-5-16(18)17-6-2-4-8-19(17)22(29)27-15-11-9-14(10-12-15)20(24)25;1-5(2,3)4/h1-12H,(H3,24,25)(H,26,28)(H,27,29);1H3,(H,2,3,4). The first-order chi connectivity index (χ1) is 16.0. The van der Waals surface area contributed by atoms with Crippen LogP contribution in [0.15, 0.2) is 72.8 Å². The maximum atomic E-state index is 12.9. The number of amides is 2. The summed E-state index contributed by atoms with van der Waals surface area (Å²) in [5.41, 5.74) is 8.32. The number of nitriles is 1. The molecule has 3 rings (SSSR count). The SMILES string of the molecule is CS(=O)(=O)O.N#CNC(=O)c1ccccc1-c1ccccc1C(=O)Nc1ccc(C(=N)N)cc1. The van der Waals surface area contributed by atoms with Crippen molar-refractivity contribution in [2.75, 3.05) is 11.6 Å².